The Morgan fingerprint density at radius 2 is 0.852 bits per heavy atom. The van der Waals surface area contributed by atoms with Crippen LogP contribution in [0.4, 0.5) is 0 Å². The largest absolute Gasteiger partial charge is 0.455 e. The lowest BCUT2D eigenvalue weighted by molar-refractivity contribution is 0.673. The van der Waals surface area contributed by atoms with E-state index in [2.05, 4.69) is 176 Å². The van der Waals surface area contributed by atoms with Gasteiger partial charge in [0, 0.05) is 36.3 Å². The Labute approximate surface area is 314 Å². The summed E-state index contributed by atoms with van der Waals surface area (Å²) in [5.41, 5.74) is 9.43. The highest BCUT2D eigenvalue weighted by atomic mass is 32.1. The topological polar surface area (TPSA) is 13.1 Å². The average molecular weight is 703 g/mol. The standard InChI is InChI=1S/C52H30OS/c1-2-10-31(11-3-1)50-39-13-4-6-15-41(39)51(42-16-7-5-14-40(42)50)37-21-20-32-26-33(18-19-34(32)27-37)35-23-25-48-45(28-35)46-29-36-22-24-43-38-12-8-9-17-47(38)53-52(43)44(36)30-49(46)54-48/h1-30H. The van der Waals surface area contributed by atoms with Crippen molar-refractivity contribution in [2.24, 2.45) is 0 Å². The summed E-state index contributed by atoms with van der Waals surface area (Å²) >= 11 is 1.86. The number of rotatable bonds is 3. The van der Waals surface area contributed by atoms with Crippen molar-refractivity contribution >= 4 is 96.5 Å². The molecule has 0 unspecified atom stereocenters. The summed E-state index contributed by atoms with van der Waals surface area (Å²) in [7, 11) is 0. The van der Waals surface area contributed by atoms with Crippen molar-refractivity contribution in [2.75, 3.05) is 0 Å². The molecule has 10 aromatic carbocycles. The van der Waals surface area contributed by atoms with Crippen LogP contribution in [0, 0.1) is 0 Å². The molecule has 0 saturated heterocycles. The molecule has 2 aromatic heterocycles. The number of hydrogen-bond donors (Lipinski definition) is 0. The molecule has 0 aliphatic carbocycles. The first-order chi connectivity index (χ1) is 26.7. The first-order valence-corrected chi connectivity index (χ1v) is 19.3. The van der Waals surface area contributed by atoms with Gasteiger partial charge in [0.05, 0.1) is 0 Å². The molecule has 250 valence electrons. The first-order valence-electron chi connectivity index (χ1n) is 18.5. The van der Waals surface area contributed by atoms with E-state index in [4.69, 9.17) is 4.42 Å². The predicted molar refractivity (Wildman–Crippen MR) is 233 cm³/mol. The summed E-state index contributed by atoms with van der Waals surface area (Å²) in [4.78, 5) is 0. The van der Waals surface area contributed by atoms with Crippen LogP contribution in [0.2, 0.25) is 0 Å². The number of furan rings is 1. The Bertz CT molecular complexity index is 3440. The van der Waals surface area contributed by atoms with Gasteiger partial charge in [0.1, 0.15) is 11.2 Å². The van der Waals surface area contributed by atoms with Gasteiger partial charge in [0.2, 0.25) is 0 Å². The van der Waals surface area contributed by atoms with E-state index < -0.39 is 0 Å². The van der Waals surface area contributed by atoms with Gasteiger partial charge in [0.15, 0.2) is 0 Å². The van der Waals surface area contributed by atoms with Crippen LogP contribution in [0.15, 0.2) is 186 Å². The third-order valence-corrected chi connectivity index (χ3v) is 12.5. The Kier molecular flexibility index (Phi) is 6.28. The highest BCUT2D eigenvalue weighted by Gasteiger charge is 2.17. The van der Waals surface area contributed by atoms with Crippen molar-refractivity contribution in [3.63, 3.8) is 0 Å². The second-order valence-corrected chi connectivity index (χ2v) is 15.5. The van der Waals surface area contributed by atoms with Gasteiger partial charge in [-0.2, -0.15) is 0 Å². The summed E-state index contributed by atoms with van der Waals surface area (Å²) in [6.07, 6.45) is 0. The molecule has 0 spiro atoms. The minimum atomic E-state index is 0.937. The van der Waals surface area contributed by atoms with Gasteiger partial charge in [-0.15, -0.1) is 11.3 Å². The van der Waals surface area contributed by atoms with Gasteiger partial charge in [-0.3, -0.25) is 0 Å². The molecule has 2 heterocycles. The number of para-hydroxylation sites is 1. The minimum absolute atomic E-state index is 0.937. The molecule has 12 aromatic rings. The Morgan fingerprint density at radius 1 is 0.296 bits per heavy atom. The van der Waals surface area contributed by atoms with Crippen molar-refractivity contribution in [3.05, 3.63) is 182 Å². The van der Waals surface area contributed by atoms with Gasteiger partial charge in [-0.25, -0.2) is 0 Å². The maximum Gasteiger partial charge on any atom is 0.143 e. The Balaban J connectivity index is 0.974. The van der Waals surface area contributed by atoms with E-state index in [-0.39, 0.29) is 0 Å². The third kappa shape index (κ3) is 4.38. The molecule has 0 fully saturated rings. The van der Waals surface area contributed by atoms with Crippen LogP contribution in [0.5, 0.6) is 0 Å². The summed E-state index contributed by atoms with van der Waals surface area (Å²) in [6, 6.07) is 66.8. The molecule has 12 rings (SSSR count). The molecule has 0 saturated carbocycles. The molecule has 0 radical (unpaired) electrons. The molecule has 1 nitrogen and oxygen atoms in total. The van der Waals surface area contributed by atoms with Gasteiger partial charge >= 0.3 is 0 Å². The number of thiophene rings is 1. The molecular formula is C52H30OS. The van der Waals surface area contributed by atoms with Crippen LogP contribution in [0.25, 0.3) is 119 Å². The highest BCUT2D eigenvalue weighted by Crippen LogP contribution is 2.45. The fourth-order valence-corrected chi connectivity index (χ4v) is 10.0. The van der Waals surface area contributed by atoms with Crippen molar-refractivity contribution in [3.8, 4) is 33.4 Å². The van der Waals surface area contributed by atoms with Crippen molar-refractivity contribution in [1.29, 1.82) is 0 Å². The fraction of sp³-hybridized carbons (Fsp3) is 0. The fourth-order valence-electron chi connectivity index (χ4n) is 8.89. The Morgan fingerprint density at radius 3 is 1.59 bits per heavy atom. The second-order valence-electron chi connectivity index (χ2n) is 14.4. The van der Waals surface area contributed by atoms with Crippen molar-refractivity contribution in [2.45, 2.75) is 0 Å². The highest BCUT2D eigenvalue weighted by molar-refractivity contribution is 7.25. The summed E-state index contributed by atoms with van der Waals surface area (Å²) in [5, 5.41) is 14.9. The van der Waals surface area contributed by atoms with Crippen LogP contribution < -0.4 is 0 Å². The lowest BCUT2D eigenvalue weighted by Gasteiger charge is -2.18. The monoisotopic (exact) mass is 702 g/mol. The van der Waals surface area contributed by atoms with Gasteiger partial charge in [-0.1, -0.05) is 133 Å². The number of hydrogen-bond acceptors (Lipinski definition) is 2. The van der Waals surface area contributed by atoms with Crippen LogP contribution in [0.1, 0.15) is 0 Å². The molecule has 0 atom stereocenters. The van der Waals surface area contributed by atoms with E-state index >= 15 is 0 Å². The zero-order chi connectivity index (χ0) is 35.3. The van der Waals surface area contributed by atoms with Crippen LogP contribution >= 0.6 is 11.3 Å². The van der Waals surface area contributed by atoms with Crippen LogP contribution in [-0.4, -0.2) is 0 Å². The van der Waals surface area contributed by atoms with Crippen molar-refractivity contribution < 1.29 is 4.42 Å². The van der Waals surface area contributed by atoms with E-state index in [0.717, 1.165) is 11.2 Å². The average Bonchev–Trinajstić information content (AvgIpc) is 3.79. The quantitative estimate of drug-likeness (QED) is 0.167. The molecular weight excluding hydrogens is 673 g/mol. The van der Waals surface area contributed by atoms with Gasteiger partial charge in [0.25, 0.3) is 0 Å². The molecule has 0 aliphatic rings. The Hall–Kier alpha value is -6.74. The maximum atomic E-state index is 6.40. The van der Waals surface area contributed by atoms with Gasteiger partial charge < -0.3 is 4.42 Å². The molecule has 0 amide bonds. The summed E-state index contributed by atoms with van der Waals surface area (Å²) in [6.45, 7) is 0. The van der Waals surface area contributed by atoms with Crippen LogP contribution in [-0.2, 0) is 0 Å². The lowest BCUT2D eigenvalue weighted by atomic mass is 9.85. The third-order valence-electron chi connectivity index (χ3n) is 11.4. The second kappa shape index (κ2) is 11.4. The normalized spacial score (nSPS) is 12.1. The molecule has 2 heteroatoms. The molecule has 0 N–H and O–H groups in total. The van der Waals surface area contributed by atoms with Crippen molar-refractivity contribution in [1.82, 2.24) is 0 Å². The van der Waals surface area contributed by atoms with E-state index in [0.29, 0.717) is 0 Å². The van der Waals surface area contributed by atoms with Crippen LogP contribution in [0.3, 0.4) is 0 Å². The molecule has 54 heavy (non-hydrogen) atoms. The predicted octanol–water partition coefficient (Wildman–Crippen LogP) is 15.6. The minimum Gasteiger partial charge on any atom is -0.455 e. The summed E-state index contributed by atoms with van der Waals surface area (Å²) in [5.74, 6) is 0. The first kappa shape index (κ1) is 29.8. The molecule has 0 aliphatic heterocycles. The van der Waals surface area contributed by atoms with E-state index in [1.807, 2.05) is 17.4 Å². The zero-order valence-electron chi connectivity index (χ0n) is 29.1. The number of benzene rings is 10. The number of fused-ring (bicyclic) bond motifs is 11. The van der Waals surface area contributed by atoms with E-state index in [1.165, 1.54) is 107 Å². The van der Waals surface area contributed by atoms with E-state index in [1.54, 1.807) is 0 Å². The summed E-state index contributed by atoms with van der Waals surface area (Å²) < 4.78 is 8.98. The van der Waals surface area contributed by atoms with Gasteiger partial charge in [-0.05, 0) is 120 Å². The molecule has 0 bridgehead atoms. The SMILES string of the molecule is c1ccc(-c2c3ccccc3c(-c3ccc4cc(-c5ccc6sc7cc8c(ccc9c%10ccccc%10oc89)cc7c6c5)ccc4c3)c3ccccc23)cc1. The zero-order valence-corrected chi connectivity index (χ0v) is 30.0. The smallest absolute Gasteiger partial charge is 0.143 e. The van der Waals surface area contributed by atoms with E-state index in [9.17, 15) is 0 Å². The lowest BCUT2D eigenvalue weighted by Crippen LogP contribution is -1.90. The maximum absolute atomic E-state index is 6.40.